The number of esters is 1. The normalized spacial score (nSPS) is 11.1. The third-order valence-corrected chi connectivity index (χ3v) is 4.54. The molecule has 0 aliphatic carbocycles. The van der Waals surface area contributed by atoms with E-state index in [1.807, 2.05) is 31.9 Å². The zero-order chi connectivity index (χ0) is 18.3. The van der Waals surface area contributed by atoms with Gasteiger partial charge in [0.2, 0.25) is 0 Å². The number of ether oxygens (including phenoxy) is 1. The molecule has 0 aliphatic heterocycles. The molecule has 1 rings (SSSR count). The molecule has 130 valence electrons. The van der Waals surface area contributed by atoms with E-state index in [-0.39, 0.29) is 12.6 Å². The van der Waals surface area contributed by atoms with Crippen LogP contribution in [0.4, 0.5) is 5.69 Å². The van der Waals surface area contributed by atoms with Crippen LogP contribution in [0.3, 0.4) is 0 Å². The Labute approximate surface area is 146 Å². The molecule has 0 saturated heterocycles. The standard InChI is InChI=1S/C19H28N2O2Si/c1-8-21(4)14-20-18-11-10-17(15(2)16(18)3)19(22)23-12-9-13-24(5,6)7/h10-11,14H,8,12H2,1-7H3/b20-14+. The van der Waals surface area contributed by atoms with E-state index in [1.165, 1.54) is 0 Å². The maximum Gasteiger partial charge on any atom is 0.339 e. The van der Waals surface area contributed by atoms with Crippen LogP contribution in [0.25, 0.3) is 0 Å². The van der Waals surface area contributed by atoms with Crippen LogP contribution >= 0.6 is 0 Å². The van der Waals surface area contributed by atoms with Crippen molar-refractivity contribution in [2.24, 2.45) is 4.99 Å². The number of hydrogen-bond acceptors (Lipinski definition) is 3. The van der Waals surface area contributed by atoms with Crippen molar-refractivity contribution in [2.75, 3.05) is 20.2 Å². The molecule has 0 aromatic heterocycles. The molecule has 0 saturated carbocycles. The van der Waals surface area contributed by atoms with Crippen LogP contribution in [0.1, 0.15) is 28.4 Å². The van der Waals surface area contributed by atoms with Crippen molar-refractivity contribution in [1.82, 2.24) is 4.90 Å². The summed E-state index contributed by atoms with van der Waals surface area (Å²) in [5.41, 5.74) is 6.50. The van der Waals surface area contributed by atoms with E-state index in [4.69, 9.17) is 4.74 Å². The van der Waals surface area contributed by atoms with E-state index < -0.39 is 8.07 Å². The van der Waals surface area contributed by atoms with Gasteiger partial charge in [-0.25, -0.2) is 9.79 Å². The Hall–Kier alpha value is -2.06. The summed E-state index contributed by atoms with van der Waals surface area (Å²) in [6.45, 7) is 13.5. The van der Waals surface area contributed by atoms with Crippen LogP contribution in [0.2, 0.25) is 19.6 Å². The molecule has 0 spiro atoms. The van der Waals surface area contributed by atoms with Gasteiger partial charge in [-0.05, 0) is 44.0 Å². The summed E-state index contributed by atoms with van der Waals surface area (Å²) >= 11 is 0. The van der Waals surface area contributed by atoms with Gasteiger partial charge < -0.3 is 9.64 Å². The van der Waals surface area contributed by atoms with Gasteiger partial charge in [-0.3, -0.25) is 0 Å². The molecule has 1 aromatic carbocycles. The number of nitrogens with zero attached hydrogens (tertiary/aromatic N) is 2. The second-order valence-corrected chi connectivity index (χ2v) is 11.6. The Morgan fingerprint density at radius 1 is 1.29 bits per heavy atom. The van der Waals surface area contributed by atoms with Gasteiger partial charge in [0.05, 0.1) is 17.6 Å². The summed E-state index contributed by atoms with van der Waals surface area (Å²) in [6.07, 6.45) is 1.80. The highest BCUT2D eigenvalue weighted by Crippen LogP contribution is 2.25. The van der Waals surface area contributed by atoms with Crippen molar-refractivity contribution in [3.8, 4) is 11.5 Å². The second kappa shape index (κ2) is 8.70. The van der Waals surface area contributed by atoms with Gasteiger partial charge in [-0.2, -0.15) is 0 Å². The van der Waals surface area contributed by atoms with E-state index in [9.17, 15) is 4.79 Å². The van der Waals surface area contributed by atoms with E-state index >= 15 is 0 Å². The molecule has 0 radical (unpaired) electrons. The maximum absolute atomic E-state index is 12.2. The minimum absolute atomic E-state index is 0.142. The average Bonchev–Trinajstić information content (AvgIpc) is 2.51. The molecule has 1 aromatic rings. The smallest absolute Gasteiger partial charge is 0.339 e. The van der Waals surface area contributed by atoms with Crippen LogP contribution in [0, 0.1) is 25.3 Å². The number of carbonyl (C=O) groups is 1. The van der Waals surface area contributed by atoms with Gasteiger partial charge in [0.25, 0.3) is 0 Å². The quantitative estimate of drug-likeness (QED) is 0.267. The van der Waals surface area contributed by atoms with E-state index in [0.29, 0.717) is 5.56 Å². The summed E-state index contributed by atoms with van der Waals surface area (Å²) in [5, 5.41) is 0. The fraction of sp³-hybridized carbons (Fsp3) is 0.474. The highest BCUT2D eigenvalue weighted by molar-refractivity contribution is 6.83. The molecule has 24 heavy (non-hydrogen) atoms. The highest BCUT2D eigenvalue weighted by Gasteiger charge is 2.14. The average molecular weight is 345 g/mol. The van der Waals surface area contributed by atoms with Crippen molar-refractivity contribution in [3.05, 3.63) is 28.8 Å². The first kappa shape index (κ1) is 20.0. The molecule has 0 bridgehead atoms. The molecule has 0 amide bonds. The maximum atomic E-state index is 12.2. The first-order valence-corrected chi connectivity index (χ1v) is 11.7. The highest BCUT2D eigenvalue weighted by atomic mass is 28.3. The van der Waals surface area contributed by atoms with Crippen LogP contribution in [0.15, 0.2) is 17.1 Å². The molecule has 4 nitrogen and oxygen atoms in total. The summed E-state index contributed by atoms with van der Waals surface area (Å²) in [4.78, 5) is 18.7. The summed E-state index contributed by atoms with van der Waals surface area (Å²) in [6, 6.07) is 3.63. The van der Waals surface area contributed by atoms with Crippen LogP contribution in [-0.2, 0) is 4.74 Å². The van der Waals surface area contributed by atoms with Gasteiger partial charge in [-0.15, -0.1) is 5.54 Å². The monoisotopic (exact) mass is 344 g/mol. The lowest BCUT2D eigenvalue weighted by Crippen LogP contribution is -2.17. The summed E-state index contributed by atoms with van der Waals surface area (Å²) in [7, 11) is 0.541. The molecular weight excluding hydrogens is 316 g/mol. The lowest BCUT2D eigenvalue weighted by Gasteiger charge is -2.12. The Bertz CT molecular complexity index is 679. The minimum Gasteiger partial charge on any atom is -0.449 e. The Balaban J connectivity index is 2.86. The summed E-state index contributed by atoms with van der Waals surface area (Å²) in [5.74, 6) is 2.62. The van der Waals surface area contributed by atoms with Crippen molar-refractivity contribution in [1.29, 1.82) is 0 Å². The fourth-order valence-corrected chi connectivity index (χ4v) is 2.49. The minimum atomic E-state index is -1.43. The van der Waals surface area contributed by atoms with Crippen molar-refractivity contribution >= 4 is 26.1 Å². The largest absolute Gasteiger partial charge is 0.449 e. The molecule has 0 heterocycles. The van der Waals surface area contributed by atoms with E-state index in [0.717, 1.165) is 23.4 Å². The zero-order valence-electron chi connectivity index (χ0n) is 15.9. The molecule has 0 fully saturated rings. The fourth-order valence-electron chi connectivity index (χ4n) is 1.89. The number of aliphatic imine (C=N–C) groups is 1. The molecule has 0 aliphatic rings. The Morgan fingerprint density at radius 3 is 2.54 bits per heavy atom. The van der Waals surface area contributed by atoms with Gasteiger partial charge in [0, 0.05) is 13.6 Å². The van der Waals surface area contributed by atoms with E-state index in [2.05, 4.69) is 43.0 Å². The van der Waals surface area contributed by atoms with Crippen LogP contribution in [-0.4, -0.2) is 45.5 Å². The number of rotatable bonds is 5. The van der Waals surface area contributed by atoms with E-state index in [1.54, 1.807) is 12.4 Å². The van der Waals surface area contributed by atoms with Gasteiger partial charge in [-0.1, -0.05) is 25.6 Å². The van der Waals surface area contributed by atoms with Crippen molar-refractivity contribution in [2.45, 2.75) is 40.4 Å². The number of hydrogen-bond donors (Lipinski definition) is 0. The molecule has 0 unspecified atom stereocenters. The number of carbonyl (C=O) groups excluding carboxylic acids is 1. The summed E-state index contributed by atoms with van der Waals surface area (Å²) < 4.78 is 5.28. The predicted molar refractivity (Wildman–Crippen MR) is 104 cm³/mol. The first-order valence-electron chi connectivity index (χ1n) is 8.17. The SMILES string of the molecule is CCN(C)/C=N/c1ccc(C(=O)OCC#C[Si](C)(C)C)c(C)c1C. The van der Waals surface area contributed by atoms with Gasteiger partial charge in [0.1, 0.15) is 8.07 Å². The number of benzene rings is 1. The Kier molecular flexibility index (Phi) is 7.24. The lowest BCUT2D eigenvalue weighted by molar-refractivity contribution is 0.0556. The predicted octanol–water partition coefficient (Wildman–Crippen LogP) is 3.95. The van der Waals surface area contributed by atoms with Crippen molar-refractivity contribution in [3.63, 3.8) is 0 Å². The van der Waals surface area contributed by atoms with Crippen LogP contribution in [0.5, 0.6) is 0 Å². The van der Waals surface area contributed by atoms with Crippen molar-refractivity contribution < 1.29 is 9.53 Å². The third-order valence-electron chi connectivity index (χ3n) is 3.61. The second-order valence-electron chi connectivity index (χ2n) is 6.83. The Morgan fingerprint density at radius 2 is 1.96 bits per heavy atom. The zero-order valence-corrected chi connectivity index (χ0v) is 16.9. The third kappa shape index (κ3) is 6.21. The first-order chi connectivity index (χ1) is 11.2. The topological polar surface area (TPSA) is 41.9 Å². The lowest BCUT2D eigenvalue weighted by atomic mass is 10.0. The molecule has 0 atom stereocenters. The van der Waals surface area contributed by atoms with Gasteiger partial charge >= 0.3 is 5.97 Å². The van der Waals surface area contributed by atoms with Crippen LogP contribution < -0.4 is 0 Å². The molecule has 5 heteroatoms. The molecule has 0 N–H and O–H groups in total. The van der Waals surface area contributed by atoms with Gasteiger partial charge in [0.15, 0.2) is 6.61 Å². The molecular formula is C19H28N2O2Si.